The van der Waals surface area contributed by atoms with E-state index in [2.05, 4.69) is 0 Å². The number of hydrogen-bond acceptors (Lipinski definition) is 6. The molecule has 3 atom stereocenters. The lowest BCUT2D eigenvalue weighted by molar-refractivity contribution is -0.175. The fraction of sp³-hybridized carbons (Fsp3) is 0.933. The first-order valence-electron chi connectivity index (χ1n) is 7.61. The second-order valence-corrected chi connectivity index (χ2v) is 6.62. The summed E-state index contributed by atoms with van der Waals surface area (Å²) in [5.41, 5.74) is 0. The topological polar surface area (TPSA) is 66.5 Å². The minimum Gasteiger partial charge on any atom is -0.348 e. The highest BCUT2D eigenvalue weighted by Gasteiger charge is 2.49. The van der Waals surface area contributed by atoms with E-state index >= 15 is 0 Å². The van der Waals surface area contributed by atoms with Crippen molar-refractivity contribution in [3.8, 4) is 0 Å². The van der Waals surface area contributed by atoms with Crippen LogP contribution < -0.4 is 0 Å². The fourth-order valence-electron chi connectivity index (χ4n) is 2.80. The van der Waals surface area contributed by atoms with Crippen LogP contribution in [0.2, 0.25) is 0 Å². The van der Waals surface area contributed by atoms with Crippen LogP contribution in [-0.2, 0) is 28.6 Å². The standard InChI is InChI=1S/C15H27NO6/c1-14(2)19-9-11(21-14)13-10(20-15(3,4)22-13)7-8-12(17)16(5)18-6/h10-11,13H,7-9H2,1-6H3/t10-,11-,13+/m1/s1. The lowest BCUT2D eigenvalue weighted by atomic mass is 10.0. The Labute approximate surface area is 131 Å². The van der Waals surface area contributed by atoms with Crippen molar-refractivity contribution in [1.82, 2.24) is 5.06 Å². The summed E-state index contributed by atoms with van der Waals surface area (Å²) in [6, 6.07) is 0. The summed E-state index contributed by atoms with van der Waals surface area (Å²) in [6.45, 7) is 7.94. The van der Waals surface area contributed by atoms with Crippen molar-refractivity contribution in [3.05, 3.63) is 0 Å². The average Bonchev–Trinajstić information content (AvgIpc) is 2.94. The summed E-state index contributed by atoms with van der Waals surface area (Å²) in [7, 11) is 3.05. The highest BCUT2D eigenvalue weighted by molar-refractivity contribution is 5.74. The van der Waals surface area contributed by atoms with Crippen molar-refractivity contribution in [2.24, 2.45) is 0 Å². The molecule has 1 amide bonds. The average molecular weight is 317 g/mol. The molecule has 0 aromatic carbocycles. The van der Waals surface area contributed by atoms with Crippen LogP contribution in [0, 0.1) is 0 Å². The van der Waals surface area contributed by atoms with Crippen LogP contribution >= 0.6 is 0 Å². The summed E-state index contributed by atoms with van der Waals surface area (Å²) in [5, 5.41) is 1.22. The Morgan fingerprint density at radius 3 is 2.41 bits per heavy atom. The molecule has 0 N–H and O–H groups in total. The van der Waals surface area contributed by atoms with Gasteiger partial charge in [-0.1, -0.05) is 0 Å². The van der Waals surface area contributed by atoms with Gasteiger partial charge in [-0.05, 0) is 34.1 Å². The van der Waals surface area contributed by atoms with Gasteiger partial charge < -0.3 is 18.9 Å². The van der Waals surface area contributed by atoms with Crippen LogP contribution in [0.15, 0.2) is 0 Å². The van der Waals surface area contributed by atoms with Crippen LogP contribution in [-0.4, -0.2) is 61.6 Å². The van der Waals surface area contributed by atoms with Crippen molar-refractivity contribution in [2.75, 3.05) is 20.8 Å². The van der Waals surface area contributed by atoms with Gasteiger partial charge in [0, 0.05) is 13.5 Å². The molecule has 0 radical (unpaired) electrons. The Balaban J connectivity index is 1.97. The molecular formula is C15H27NO6. The smallest absolute Gasteiger partial charge is 0.245 e. The molecule has 22 heavy (non-hydrogen) atoms. The maximum atomic E-state index is 11.9. The molecule has 2 rings (SSSR count). The van der Waals surface area contributed by atoms with Gasteiger partial charge in [-0.15, -0.1) is 0 Å². The molecule has 128 valence electrons. The first-order chi connectivity index (χ1) is 10.1. The second-order valence-electron chi connectivity index (χ2n) is 6.62. The lowest BCUT2D eigenvalue weighted by Gasteiger charge is -2.24. The molecular weight excluding hydrogens is 290 g/mol. The predicted molar refractivity (Wildman–Crippen MR) is 77.7 cm³/mol. The number of ether oxygens (including phenoxy) is 4. The number of hydrogen-bond donors (Lipinski definition) is 0. The van der Waals surface area contributed by atoms with E-state index in [0.29, 0.717) is 19.4 Å². The first-order valence-corrected chi connectivity index (χ1v) is 7.61. The van der Waals surface area contributed by atoms with E-state index in [4.69, 9.17) is 23.8 Å². The Morgan fingerprint density at radius 2 is 1.86 bits per heavy atom. The predicted octanol–water partition coefficient (Wildman–Crippen LogP) is 1.46. The fourth-order valence-corrected chi connectivity index (χ4v) is 2.80. The van der Waals surface area contributed by atoms with Crippen LogP contribution in [0.1, 0.15) is 40.5 Å². The highest BCUT2D eigenvalue weighted by Crippen LogP contribution is 2.37. The molecule has 0 saturated carbocycles. The zero-order valence-corrected chi connectivity index (χ0v) is 14.3. The quantitative estimate of drug-likeness (QED) is 0.715. The van der Waals surface area contributed by atoms with Crippen LogP contribution in [0.25, 0.3) is 0 Å². The van der Waals surface area contributed by atoms with Crippen LogP contribution in [0.5, 0.6) is 0 Å². The lowest BCUT2D eigenvalue weighted by Crippen LogP contribution is -2.39. The molecule has 0 spiro atoms. The summed E-state index contributed by atoms with van der Waals surface area (Å²) in [6.07, 6.45) is 0.198. The van der Waals surface area contributed by atoms with Crippen molar-refractivity contribution in [2.45, 2.75) is 70.4 Å². The highest BCUT2D eigenvalue weighted by atomic mass is 16.8. The Bertz CT molecular complexity index is 411. The molecule has 2 fully saturated rings. The van der Waals surface area contributed by atoms with Gasteiger partial charge >= 0.3 is 0 Å². The van der Waals surface area contributed by atoms with Gasteiger partial charge in [-0.3, -0.25) is 9.63 Å². The molecule has 0 bridgehead atoms. The number of rotatable bonds is 5. The van der Waals surface area contributed by atoms with Crippen molar-refractivity contribution in [3.63, 3.8) is 0 Å². The van der Waals surface area contributed by atoms with Crippen molar-refractivity contribution < 1.29 is 28.6 Å². The zero-order valence-electron chi connectivity index (χ0n) is 14.3. The van der Waals surface area contributed by atoms with Gasteiger partial charge in [-0.2, -0.15) is 0 Å². The van der Waals surface area contributed by atoms with E-state index in [0.717, 1.165) is 0 Å². The van der Waals surface area contributed by atoms with Crippen molar-refractivity contribution >= 4 is 5.91 Å². The Morgan fingerprint density at radius 1 is 1.18 bits per heavy atom. The third-order valence-electron chi connectivity index (χ3n) is 3.89. The molecule has 2 heterocycles. The number of carbonyl (C=O) groups is 1. The zero-order chi connectivity index (χ0) is 16.5. The monoisotopic (exact) mass is 317 g/mol. The molecule has 0 aromatic heterocycles. The Kier molecular flexibility index (Phi) is 5.13. The normalized spacial score (nSPS) is 33.1. The summed E-state index contributed by atoms with van der Waals surface area (Å²) in [4.78, 5) is 16.8. The Hall–Kier alpha value is -0.730. The van der Waals surface area contributed by atoms with Gasteiger partial charge in [0.15, 0.2) is 11.6 Å². The molecule has 0 unspecified atom stereocenters. The van der Waals surface area contributed by atoms with Crippen LogP contribution in [0.4, 0.5) is 0 Å². The van der Waals surface area contributed by atoms with Gasteiger partial charge in [-0.25, -0.2) is 5.06 Å². The summed E-state index contributed by atoms with van der Waals surface area (Å²) in [5.74, 6) is -1.41. The maximum Gasteiger partial charge on any atom is 0.245 e. The van der Waals surface area contributed by atoms with Gasteiger partial charge in [0.05, 0.1) is 19.8 Å². The largest absolute Gasteiger partial charge is 0.348 e. The summed E-state index contributed by atoms with van der Waals surface area (Å²) < 4.78 is 23.4. The molecule has 2 saturated heterocycles. The molecule has 0 aliphatic carbocycles. The van der Waals surface area contributed by atoms with E-state index in [-0.39, 0.29) is 24.2 Å². The third kappa shape index (κ3) is 4.17. The van der Waals surface area contributed by atoms with E-state index < -0.39 is 11.6 Å². The number of carbonyl (C=O) groups excluding carboxylic acids is 1. The second kappa shape index (κ2) is 6.41. The maximum absolute atomic E-state index is 11.9. The van der Waals surface area contributed by atoms with E-state index in [1.807, 2.05) is 27.7 Å². The van der Waals surface area contributed by atoms with Gasteiger partial charge in [0.1, 0.15) is 12.2 Å². The SMILES string of the molecule is CON(C)C(=O)CC[C@H]1OC(C)(C)O[C@@H]1[C@H]1COC(C)(C)O1. The number of amides is 1. The molecule has 7 heteroatoms. The van der Waals surface area contributed by atoms with Crippen LogP contribution in [0.3, 0.4) is 0 Å². The third-order valence-corrected chi connectivity index (χ3v) is 3.89. The summed E-state index contributed by atoms with van der Waals surface area (Å²) >= 11 is 0. The number of hydroxylamine groups is 2. The van der Waals surface area contributed by atoms with E-state index in [9.17, 15) is 4.79 Å². The minimum absolute atomic E-state index is 0.0986. The van der Waals surface area contributed by atoms with Gasteiger partial charge in [0.25, 0.3) is 0 Å². The molecule has 7 nitrogen and oxygen atoms in total. The number of nitrogens with zero attached hydrogens (tertiary/aromatic N) is 1. The molecule has 2 aliphatic heterocycles. The van der Waals surface area contributed by atoms with Gasteiger partial charge in [0.2, 0.25) is 5.91 Å². The first kappa shape index (κ1) is 17.6. The van der Waals surface area contributed by atoms with E-state index in [1.54, 1.807) is 7.05 Å². The minimum atomic E-state index is -0.693. The van der Waals surface area contributed by atoms with Crippen molar-refractivity contribution in [1.29, 1.82) is 0 Å². The molecule has 2 aliphatic rings. The molecule has 0 aromatic rings. The van der Waals surface area contributed by atoms with E-state index in [1.165, 1.54) is 12.2 Å².